The van der Waals surface area contributed by atoms with E-state index in [1.165, 1.54) is 7.05 Å². The summed E-state index contributed by atoms with van der Waals surface area (Å²) in [5.74, 6) is -0.365. The number of nitrogens with one attached hydrogen (secondary N) is 1. The van der Waals surface area contributed by atoms with Gasteiger partial charge >= 0.3 is 12.1 Å². The van der Waals surface area contributed by atoms with Gasteiger partial charge in [-0.15, -0.1) is 0 Å². The topological polar surface area (TPSA) is 64.6 Å². The van der Waals surface area contributed by atoms with E-state index in [1.807, 2.05) is 13.8 Å². The maximum atomic E-state index is 11.8. The quantitative estimate of drug-likeness (QED) is 0.609. The van der Waals surface area contributed by atoms with E-state index in [0.29, 0.717) is 6.42 Å². The first-order valence-corrected chi connectivity index (χ1v) is 5.60. The summed E-state index contributed by atoms with van der Waals surface area (Å²) in [5.41, 5.74) is -0.561. The Bertz CT molecular complexity index is 279. The third-order valence-electron chi connectivity index (χ3n) is 2.11. The molecule has 5 heteroatoms. The lowest BCUT2D eigenvalue weighted by molar-refractivity contribution is -0.164. The predicted molar refractivity (Wildman–Crippen MR) is 64.4 cm³/mol. The lowest BCUT2D eigenvalue weighted by atomic mass is 9.76. The highest BCUT2D eigenvalue weighted by Gasteiger charge is 2.34. The average Bonchev–Trinajstić information content (AvgIpc) is 2.13. The normalized spacial score (nSPS) is 11.9. The first kappa shape index (κ1) is 15.7. The van der Waals surface area contributed by atoms with E-state index in [2.05, 4.69) is 30.8 Å². The lowest BCUT2D eigenvalue weighted by Crippen LogP contribution is -2.32. The van der Waals surface area contributed by atoms with Crippen LogP contribution in [0.3, 0.4) is 0 Å². The monoisotopic (exact) mass is 245 g/mol. The van der Waals surface area contributed by atoms with Crippen LogP contribution in [0.2, 0.25) is 0 Å². The molecule has 0 saturated heterocycles. The summed E-state index contributed by atoms with van der Waals surface area (Å²) in [6, 6.07) is 0. The Labute approximate surface area is 103 Å². The van der Waals surface area contributed by atoms with Crippen molar-refractivity contribution in [2.75, 3.05) is 13.8 Å². The summed E-state index contributed by atoms with van der Waals surface area (Å²) in [5, 5.41) is 2.26. The van der Waals surface area contributed by atoms with Crippen LogP contribution in [0.25, 0.3) is 0 Å². The SMILES string of the molecule is CNC(=O)OCOC(=O)C(C)(C)CC(C)(C)C. The minimum Gasteiger partial charge on any atom is -0.427 e. The summed E-state index contributed by atoms with van der Waals surface area (Å²) in [6.45, 7) is 9.46. The number of esters is 1. The van der Waals surface area contributed by atoms with E-state index in [9.17, 15) is 9.59 Å². The summed E-state index contributed by atoms with van der Waals surface area (Å²) in [7, 11) is 1.44. The molecule has 0 saturated carbocycles. The van der Waals surface area contributed by atoms with Gasteiger partial charge in [-0.25, -0.2) is 4.79 Å². The Morgan fingerprint density at radius 3 is 2.00 bits per heavy atom. The summed E-state index contributed by atoms with van der Waals surface area (Å²) in [4.78, 5) is 22.5. The molecule has 0 spiro atoms. The van der Waals surface area contributed by atoms with Crippen molar-refractivity contribution in [3.63, 3.8) is 0 Å². The molecule has 0 unspecified atom stereocenters. The number of rotatable bonds is 4. The molecule has 5 nitrogen and oxygen atoms in total. The van der Waals surface area contributed by atoms with Crippen LogP contribution in [0.5, 0.6) is 0 Å². The molecule has 0 aromatic rings. The molecular weight excluding hydrogens is 222 g/mol. The van der Waals surface area contributed by atoms with Gasteiger partial charge < -0.3 is 14.8 Å². The first-order chi connectivity index (χ1) is 7.58. The van der Waals surface area contributed by atoms with Crippen LogP contribution in [0.15, 0.2) is 0 Å². The van der Waals surface area contributed by atoms with Crippen molar-refractivity contribution in [3.05, 3.63) is 0 Å². The zero-order valence-corrected chi connectivity index (χ0v) is 11.5. The Morgan fingerprint density at radius 1 is 1.06 bits per heavy atom. The van der Waals surface area contributed by atoms with Crippen molar-refractivity contribution >= 4 is 12.1 Å². The lowest BCUT2D eigenvalue weighted by Gasteiger charge is -2.30. The molecule has 1 N–H and O–H groups in total. The number of hydrogen-bond donors (Lipinski definition) is 1. The van der Waals surface area contributed by atoms with E-state index in [1.54, 1.807) is 0 Å². The third kappa shape index (κ3) is 6.81. The molecule has 0 rings (SSSR count). The van der Waals surface area contributed by atoms with Gasteiger partial charge in [-0.2, -0.15) is 0 Å². The molecule has 0 bridgehead atoms. The van der Waals surface area contributed by atoms with Crippen molar-refractivity contribution in [1.82, 2.24) is 5.32 Å². The maximum absolute atomic E-state index is 11.8. The second-order valence-corrected chi connectivity index (χ2v) is 5.85. The van der Waals surface area contributed by atoms with Crippen LogP contribution in [-0.2, 0) is 14.3 Å². The Balaban J connectivity index is 4.17. The van der Waals surface area contributed by atoms with Crippen molar-refractivity contribution in [1.29, 1.82) is 0 Å². The Morgan fingerprint density at radius 2 is 1.59 bits per heavy atom. The van der Waals surface area contributed by atoms with Crippen molar-refractivity contribution in [3.8, 4) is 0 Å². The van der Waals surface area contributed by atoms with E-state index in [0.717, 1.165) is 0 Å². The third-order valence-corrected chi connectivity index (χ3v) is 2.11. The molecule has 0 aliphatic heterocycles. The van der Waals surface area contributed by atoms with Crippen molar-refractivity contribution in [2.45, 2.75) is 41.0 Å². The predicted octanol–water partition coefficient (Wildman–Crippen LogP) is 2.31. The number of carbonyl (C=O) groups excluding carboxylic acids is 2. The molecule has 0 radical (unpaired) electrons. The Kier molecular flexibility index (Phi) is 5.45. The standard InChI is InChI=1S/C12H23NO4/c1-11(2,3)7-12(4,5)9(14)16-8-17-10(15)13-6/h7-8H2,1-6H3,(H,13,15). The zero-order chi connectivity index (χ0) is 13.7. The molecule has 0 heterocycles. The molecule has 0 aromatic carbocycles. The van der Waals surface area contributed by atoms with Gasteiger partial charge in [0, 0.05) is 7.05 Å². The summed E-state index contributed by atoms with van der Waals surface area (Å²) in [6.07, 6.45) is 0.0742. The minimum absolute atomic E-state index is 0.0319. The molecule has 0 aliphatic rings. The highest BCUT2D eigenvalue weighted by atomic mass is 16.7. The van der Waals surface area contributed by atoms with Crippen molar-refractivity contribution in [2.24, 2.45) is 10.8 Å². The van der Waals surface area contributed by atoms with E-state index < -0.39 is 11.5 Å². The molecule has 1 amide bonds. The minimum atomic E-state index is -0.619. The van der Waals surface area contributed by atoms with Crippen LogP contribution in [0, 0.1) is 10.8 Å². The smallest absolute Gasteiger partial charge is 0.409 e. The zero-order valence-electron chi connectivity index (χ0n) is 11.5. The van der Waals surface area contributed by atoms with Gasteiger partial charge in [0.05, 0.1) is 5.41 Å². The van der Waals surface area contributed by atoms with Crippen LogP contribution < -0.4 is 5.32 Å². The molecule has 0 atom stereocenters. The van der Waals surface area contributed by atoms with Gasteiger partial charge in [0.1, 0.15) is 0 Å². The second kappa shape index (κ2) is 5.89. The average molecular weight is 245 g/mol. The largest absolute Gasteiger partial charge is 0.427 e. The van der Waals surface area contributed by atoms with Crippen molar-refractivity contribution < 1.29 is 19.1 Å². The van der Waals surface area contributed by atoms with Gasteiger partial charge in [-0.1, -0.05) is 20.8 Å². The fourth-order valence-corrected chi connectivity index (χ4v) is 1.80. The second-order valence-electron chi connectivity index (χ2n) is 5.85. The molecular formula is C12H23NO4. The maximum Gasteiger partial charge on any atom is 0.409 e. The van der Waals surface area contributed by atoms with Gasteiger partial charge in [0.15, 0.2) is 0 Å². The number of alkyl carbamates (subject to hydrolysis) is 1. The van der Waals surface area contributed by atoms with E-state index in [-0.39, 0.29) is 18.2 Å². The number of ether oxygens (including phenoxy) is 2. The van der Waals surface area contributed by atoms with Gasteiger partial charge in [-0.05, 0) is 25.7 Å². The summed E-state index contributed by atoms with van der Waals surface area (Å²) >= 11 is 0. The van der Waals surface area contributed by atoms with E-state index in [4.69, 9.17) is 4.74 Å². The summed E-state index contributed by atoms with van der Waals surface area (Å²) < 4.78 is 9.50. The molecule has 100 valence electrons. The Hall–Kier alpha value is -1.26. The van der Waals surface area contributed by atoms with Crippen LogP contribution in [-0.4, -0.2) is 25.9 Å². The van der Waals surface area contributed by atoms with Gasteiger partial charge in [-0.3, -0.25) is 4.79 Å². The van der Waals surface area contributed by atoms with Crippen LogP contribution in [0.4, 0.5) is 4.79 Å². The van der Waals surface area contributed by atoms with Gasteiger partial charge in [0.2, 0.25) is 6.79 Å². The van der Waals surface area contributed by atoms with E-state index >= 15 is 0 Å². The van der Waals surface area contributed by atoms with Gasteiger partial charge in [0.25, 0.3) is 0 Å². The highest BCUT2D eigenvalue weighted by Crippen LogP contribution is 2.33. The fourth-order valence-electron chi connectivity index (χ4n) is 1.80. The molecule has 17 heavy (non-hydrogen) atoms. The first-order valence-electron chi connectivity index (χ1n) is 5.60. The fraction of sp³-hybridized carbons (Fsp3) is 0.833. The molecule has 0 aromatic heterocycles. The highest BCUT2D eigenvalue weighted by molar-refractivity contribution is 5.76. The van der Waals surface area contributed by atoms with Crippen LogP contribution in [0.1, 0.15) is 41.0 Å². The van der Waals surface area contributed by atoms with Crippen LogP contribution >= 0.6 is 0 Å². The molecule has 0 fully saturated rings. The number of hydrogen-bond acceptors (Lipinski definition) is 4. The molecule has 0 aliphatic carbocycles. The number of carbonyl (C=O) groups is 2. The number of amides is 1.